The van der Waals surface area contributed by atoms with Crippen molar-refractivity contribution < 1.29 is 4.79 Å². The van der Waals surface area contributed by atoms with Gasteiger partial charge in [0.15, 0.2) is 5.13 Å². The number of piperazine rings is 1. The Morgan fingerprint density at radius 3 is 2.38 bits per heavy atom. The molecule has 24 heavy (non-hydrogen) atoms. The SMILES string of the molecule is Cc1csc(N2CCN([C@H](C(=O)N(C)C)c3ccccc3)CC2)n1. The summed E-state index contributed by atoms with van der Waals surface area (Å²) < 4.78 is 0. The van der Waals surface area contributed by atoms with Crippen LogP contribution in [0.1, 0.15) is 17.3 Å². The van der Waals surface area contributed by atoms with Gasteiger partial charge < -0.3 is 9.80 Å². The monoisotopic (exact) mass is 344 g/mol. The minimum atomic E-state index is -0.207. The Bertz CT molecular complexity index is 677. The topological polar surface area (TPSA) is 39.7 Å². The van der Waals surface area contributed by atoms with Crippen LogP contribution in [0.5, 0.6) is 0 Å². The van der Waals surface area contributed by atoms with Crippen molar-refractivity contribution in [3.8, 4) is 0 Å². The highest BCUT2D eigenvalue weighted by Gasteiger charge is 2.31. The maximum absolute atomic E-state index is 12.8. The van der Waals surface area contributed by atoms with Crippen molar-refractivity contribution in [1.29, 1.82) is 0 Å². The van der Waals surface area contributed by atoms with Gasteiger partial charge in [-0.2, -0.15) is 0 Å². The van der Waals surface area contributed by atoms with E-state index in [1.54, 1.807) is 16.2 Å². The van der Waals surface area contributed by atoms with Crippen molar-refractivity contribution in [1.82, 2.24) is 14.8 Å². The van der Waals surface area contributed by atoms with Gasteiger partial charge in [-0.3, -0.25) is 9.69 Å². The van der Waals surface area contributed by atoms with Crippen LogP contribution in [0.3, 0.4) is 0 Å². The predicted molar refractivity (Wildman–Crippen MR) is 98.5 cm³/mol. The molecule has 2 heterocycles. The summed E-state index contributed by atoms with van der Waals surface area (Å²) in [6.07, 6.45) is 0. The normalized spacial score (nSPS) is 16.9. The van der Waals surface area contributed by atoms with E-state index in [0.717, 1.165) is 42.6 Å². The summed E-state index contributed by atoms with van der Waals surface area (Å²) in [6, 6.07) is 9.87. The molecule has 1 aliphatic heterocycles. The van der Waals surface area contributed by atoms with Gasteiger partial charge in [0, 0.05) is 45.7 Å². The average molecular weight is 344 g/mol. The summed E-state index contributed by atoms with van der Waals surface area (Å²) in [5, 5.41) is 3.17. The highest BCUT2D eigenvalue weighted by Crippen LogP contribution is 2.27. The molecule has 1 saturated heterocycles. The third-order valence-corrected chi connectivity index (χ3v) is 5.37. The minimum Gasteiger partial charge on any atom is -0.347 e. The number of amides is 1. The Morgan fingerprint density at radius 1 is 1.17 bits per heavy atom. The van der Waals surface area contributed by atoms with Crippen molar-refractivity contribution in [2.45, 2.75) is 13.0 Å². The lowest BCUT2D eigenvalue weighted by Crippen LogP contribution is -2.51. The van der Waals surface area contributed by atoms with E-state index in [1.807, 2.05) is 51.4 Å². The molecule has 0 bridgehead atoms. The first kappa shape index (κ1) is 16.9. The van der Waals surface area contributed by atoms with Gasteiger partial charge in [0.25, 0.3) is 0 Å². The van der Waals surface area contributed by atoms with Crippen LogP contribution >= 0.6 is 11.3 Å². The molecular formula is C18H24N4OS. The number of carbonyl (C=O) groups excluding carboxylic acids is 1. The lowest BCUT2D eigenvalue weighted by molar-refractivity contribution is -0.134. The zero-order chi connectivity index (χ0) is 17.1. The third-order valence-electron chi connectivity index (χ3n) is 4.35. The number of benzene rings is 1. The molecule has 0 radical (unpaired) electrons. The van der Waals surface area contributed by atoms with Gasteiger partial charge in [0.05, 0.1) is 5.69 Å². The van der Waals surface area contributed by atoms with E-state index in [-0.39, 0.29) is 11.9 Å². The van der Waals surface area contributed by atoms with Crippen molar-refractivity contribution in [3.05, 3.63) is 47.0 Å². The van der Waals surface area contributed by atoms with Crippen LogP contribution in [0.15, 0.2) is 35.7 Å². The summed E-state index contributed by atoms with van der Waals surface area (Å²) in [6.45, 7) is 5.54. The lowest BCUT2D eigenvalue weighted by atomic mass is 10.0. The molecule has 0 unspecified atom stereocenters. The van der Waals surface area contributed by atoms with E-state index >= 15 is 0 Å². The van der Waals surface area contributed by atoms with Gasteiger partial charge >= 0.3 is 0 Å². The first-order valence-corrected chi connectivity index (χ1v) is 9.11. The van der Waals surface area contributed by atoms with Gasteiger partial charge in [-0.15, -0.1) is 11.3 Å². The van der Waals surface area contributed by atoms with Crippen molar-refractivity contribution >= 4 is 22.4 Å². The fourth-order valence-electron chi connectivity index (χ4n) is 3.05. The molecule has 5 nitrogen and oxygen atoms in total. The average Bonchev–Trinajstić information content (AvgIpc) is 3.03. The predicted octanol–water partition coefficient (Wildman–Crippen LogP) is 2.40. The van der Waals surface area contributed by atoms with E-state index < -0.39 is 0 Å². The minimum absolute atomic E-state index is 0.139. The fourth-order valence-corrected chi connectivity index (χ4v) is 3.90. The molecule has 2 aromatic rings. The molecule has 1 aliphatic rings. The second kappa shape index (κ2) is 7.32. The summed E-state index contributed by atoms with van der Waals surface area (Å²) in [4.78, 5) is 23.6. The summed E-state index contributed by atoms with van der Waals surface area (Å²) >= 11 is 1.69. The van der Waals surface area contributed by atoms with Crippen molar-refractivity contribution in [3.63, 3.8) is 0 Å². The summed E-state index contributed by atoms with van der Waals surface area (Å²) in [5.41, 5.74) is 2.14. The first-order valence-electron chi connectivity index (χ1n) is 8.23. The number of nitrogens with zero attached hydrogens (tertiary/aromatic N) is 4. The van der Waals surface area contributed by atoms with Crippen molar-refractivity contribution in [2.24, 2.45) is 0 Å². The summed E-state index contributed by atoms with van der Waals surface area (Å²) in [7, 11) is 3.65. The van der Waals surface area contributed by atoms with Gasteiger partial charge in [0.1, 0.15) is 6.04 Å². The lowest BCUT2D eigenvalue weighted by Gasteiger charge is -2.39. The van der Waals surface area contributed by atoms with E-state index in [1.165, 1.54) is 0 Å². The number of hydrogen-bond donors (Lipinski definition) is 0. The number of thiazole rings is 1. The molecule has 0 saturated carbocycles. The molecule has 1 aromatic heterocycles. The molecule has 0 spiro atoms. The molecule has 128 valence electrons. The first-order chi connectivity index (χ1) is 11.6. The second-order valence-electron chi connectivity index (χ2n) is 6.34. The van der Waals surface area contributed by atoms with Crippen LogP contribution in [-0.2, 0) is 4.79 Å². The van der Waals surface area contributed by atoms with E-state index in [0.29, 0.717) is 0 Å². The van der Waals surface area contributed by atoms with Crippen LogP contribution in [-0.4, -0.2) is 61.0 Å². The number of aromatic nitrogens is 1. The second-order valence-corrected chi connectivity index (χ2v) is 7.18. The Balaban J connectivity index is 1.74. The molecule has 1 fully saturated rings. The molecule has 1 amide bonds. The zero-order valence-corrected chi connectivity index (χ0v) is 15.3. The van der Waals surface area contributed by atoms with E-state index in [2.05, 4.69) is 20.2 Å². The number of anilines is 1. The quantitative estimate of drug-likeness (QED) is 0.854. The Kier molecular flexibility index (Phi) is 5.16. The smallest absolute Gasteiger partial charge is 0.244 e. The van der Waals surface area contributed by atoms with Gasteiger partial charge in [-0.05, 0) is 12.5 Å². The Morgan fingerprint density at radius 2 is 1.83 bits per heavy atom. The molecule has 0 N–H and O–H groups in total. The maximum atomic E-state index is 12.8. The Labute approximate surface area is 147 Å². The molecule has 0 aliphatic carbocycles. The van der Waals surface area contributed by atoms with Crippen molar-refractivity contribution in [2.75, 3.05) is 45.2 Å². The molecule has 3 rings (SSSR count). The molecule has 6 heteroatoms. The number of hydrogen-bond acceptors (Lipinski definition) is 5. The van der Waals surface area contributed by atoms with Crippen LogP contribution < -0.4 is 4.90 Å². The van der Waals surface area contributed by atoms with Gasteiger partial charge in [0.2, 0.25) is 5.91 Å². The highest BCUT2D eigenvalue weighted by molar-refractivity contribution is 7.13. The Hall–Kier alpha value is -1.92. The van der Waals surface area contributed by atoms with E-state index in [9.17, 15) is 4.79 Å². The number of aryl methyl sites for hydroxylation is 1. The van der Waals surface area contributed by atoms with Gasteiger partial charge in [-0.25, -0.2) is 4.98 Å². The number of carbonyl (C=O) groups is 1. The largest absolute Gasteiger partial charge is 0.347 e. The van der Waals surface area contributed by atoms with Crippen LogP contribution in [0.25, 0.3) is 0 Å². The highest BCUT2D eigenvalue weighted by atomic mass is 32.1. The van der Waals surface area contributed by atoms with Crippen LogP contribution in [0, 0.1) is 6.92 Å². The van der Waals surface area contributed by atoms with Crippen LogP contribution in [0.2, 0.25) is 0 Å². The van der Waals surface area contributed by atoms with Gasteiger partial charge in [-0.1, -0.05) is 30.3 Å². The standard InChI is InChI=1S/C18H24N4OS/c1-14-13-24-18(19-14)22-11-9-21(10-12-22)16(17(23)20(2)3)15-7-5-4-6-8-15/h4-8,13,16H,9-12H2,1-3H3/t16-/m0/s1. The molecule has 1 atom stereocenters. The number of likely N-dealkylation sites (N-methyl/N-ethyl adjacent to an activating group) is 1. The van der Waals surface area contributed by atoms with Crippen LogP contribution in [0.4, 0.5) is 5.13 Å². The third kappa shape index (κ3) is 3.60. The molecular weight excluding hydrogens is 320 g/mol. The summed E-state index contributed by atoms with van der Waals surface area (Å²) in [5.74, 6) is 0.139. The van der Waals surface area contributed by atoms with E-state index in [4.69, 9.17) is 0 Å². The zero-order valence-electron chi connectivity index (χ0n) is 14.5. The maximum Gasteiger partial charge on any atom is 0.244 e. The fraction of sp³-hybridized carbons (Fsp3) is 0.444. The molecule has 1 aromatic carbocycles. The number of rotatable bonds is 4.